The summed E-state index contributed by atoms with van der Waals surface area (Å²) in [4.78, 5) is 13.7. The summed E-state index contributed by atoms with van der Waals surface area (Å²) >= 11 is 10.5. The van der Waals surface area contributed by atoms with Crippen LogP contribution < -0.4 is 49.6 Å². The van der Waals surface area contributed by atoms with Gasteiger partial charge in [0.1, 0.15) is 5.75 Å². The number of benzene rings is 3. The molecule has 11 heteroatoms. The Morgan fingerprint density at radius 1 is 0.972 bits per heavy atom. The van der Waals surface area contributed by atoms with E-state index in [1.165, 1.54) is 0 Å². The predicted molar refractivity (Wildman–Crippen MR) is 137 cm³/mol. The van der Waals surface area contributed by atoms with Crippen molar-refractivity contribution in [3.63, 3.8) is 0 Å². The van der Waals surface area contributed by atoms with Gasteiger partial charge in [0.2, 0.25) is 0 Å². The second kappa shape index (κ2) is 11.4. The van der Waals surface area contributed by atoms with Gasteiger partial charge in [-0.1, -0.05) is 30.3 Å². The number of hydrogen-bond acceptors (Lipinski definition) is 7. The number of nitrogens with one attached hydrogen (secondary N) is 3. The second-order valence-electron chi connectivity index (χ2n) is 8.14. The van der Waals surface area contributed by atoms with Crippen LogP contribution in [0.5, 0.6) is 5.75 Å². The van der Waals surface area contributed by atoms with E-state index >= 15 is 0 Å². The number of aromatic nitrogens is 3. The van der Waals surface area contributed by atoms with Crippen LogP contribution in [-0.4, -0.2) is 33.5 Å². The van der Waals surface area contributed by atoms with E-state index in [4.69, 9.17) is 29.2 Å². The quantitative estimate of drug-likeness (QED) is 0.185. The van der Waals surface area contributed by atoms with Gasteiger partial charge < -0.3 is 24.9 Å². The molecule has 3 N–H and O–H groups in total. The summed E-state index contributed by atoms with van der Waals surface area (Å²) in [5.74, 6) is -0.453. The molecule has 0 saturated carbocycles. The Morgan fingerprint density at radius 2 is 1.67 bits per heavy atom. The number of aromatic amines is 2. The Kier molecular flexibility index (Phi) is 8.32. The average Bonchev–Trinajstić information content (AvgIpc) is 3.21. The molecular weight excluding hydrogens is 505 g/mol. The fourth-order valence-electron chi connectivity index (χ4n) is 4.23. The largest absolute Gasteiger partial charge is 1.00 e. The van der Waals surface area contributed by atoms with Gasteiger partial charge in [-0.25, -0.2) is 0 Å². The first-order valence-electron chi connectivity index (χ1n) is 11.0. The minimum Gasteiger partial charge on any atom is -0.548 e. The number of carboxylic acids is 1. The van der Waals surface area contributed by atoms with Crippen molar-refractivity contribution in [2.75, 3.05) is 16.9 Å². The molecule has 2 heterocycles. The van der Waals surface area contributed by atoms with E-state index < -0.39 is 12.0 Å². The Morgan fingerprint density at radius 3 is 2.36 bits per heavy atom. The SMILES string of the molecule is O=C([O-])C1Cc2ccccc2CN1c1cccc(OCNc2ccc(-n3c(=S)[nH][nH]c3=S)cc2)c1.[Na+]. The summed E-state index contributed by atoms with van der Waals surface area (Å²) < 4.78 is 8.62. The zero-order valence-electron chi connectivity index (χ0n) is 19.6. The topological polar surface area (TPSA) is 101 Å². The maximum atomic E-state index is 11.9. The van der Waals surface area contributed by atoms with Crippen LogP contribution in [0.3, 0.4) is 0 Å². The first-order chi connectivity index (χ1) is 17.0. The molecule has 4 aromatic rings. The molecule has 1 aromatic heterocycles. The summed E-state index contributed by atoms with van der Waals surface area (Å²) in [6, 6.07) is 22.2. The van der Waals surface area contributed by atoms with E-state index in [1.54, 1.807) is 4.57 Å². The van der Waals surface area contributed by atoms with Crippen molar-refractivity contribution in [2.45, 2.75) is 19.0 Å². The number of carbonyl (C=O) groups excluding carboxylic acids is 1. The number of carboxylic acid groups (broad SMARTS) is 1. The molecule has 0 amide bonds. The first kappa shape index (κ1) is 26.2. The van der Waals surface area contributed by atoms with Gasteiger partial charge in [-0.15, -0.1) is 0 Å². The van der Waals surface area contributed by atoms with Gasteiger partial charge in [0.05, 0.1) is 17.7 Å². The Bertz CT molecular complexity index is 1450. The summed E-state index contributed by atoms with van der Waals surface area (Å²) in [5.41, 5.74) is 4.65. The maximum Gasteiger partial charge on any atom is 1.00 e. The van der Waals surface area contributed by atoms with Crippen molar-refractivity contribution >= 4 is 41.8 Å². The van der Waals surface area contributed by atoms with Crippen molar-refractivity contribution in [1.82, 2.24) is 14.8 Å². The molecule has 36 heavy (non-hydrogen) atoms. The van der Waals surface area contributed by atoms with Crippen molar-refractivity contribution in [3.8, 4) is 11.4 Å². The van der Waals surface area contributed by atoms with E-state index in [2.05, 4.69) is 15.5 Å². The minimum absolute atomic E-state index is 0. The van der Waals surface area contributed by atoms with E-state index in [0.717, 1.165) is 28.2 Å². The van der Waals surface area contributed by atoms with Crippen LogP contribution in [-0.2, 0) is 17.8 Å². The van der Waals surface area contributed by atoms with Crippen molar-refractivity contribution in [1.29, 1.82) is 0 Å². The molecule has 0 aliphatic carbocycles. The average molecular weight is 528 g/mol. The van der Waals surface area contributed by atoms with E-state index in [1.807, 2.05) is 77.7 Å². The molecule has 178 valence electrons. The number of H-pyrrole nitrogens is 2. The molecule has 1 aliphatic rings. The normalized spacial score (nSPS) is 14.4. The third-order valence-corrected chi connectivity index (χ3v) is 6.56. The number of rotatable bonds is 7. The molecule has 0 fully saturated rings. The number of nitrogens with zero attached hydrogens (tertiary/aromatic N) is 2. The molecule has 8 nitrogen and oxygen atoms in total. The maximum absolute atomic E-state index is 11.9. The molecule has 3 aromatic carbocycles. The number of fused-ring (bicyclic) bond motifs is 1. The molecule has 5 rings (SSSR count). The summed E-state index contributed by atoms with van der Waals surface area (Å²) in [6.45, 7) is 0.733. The van der Waals surface area contributed by atoms with Crippen LogP contribution in [0.1, 0.15) is 11.1 Å². The number of anilines is 2. The molecule has 0 bridgehead atoms. The van der Waals surface area contributed by atoms with E-state index in [-0.39, 0.29) is 36.3 Å². The van der Waals surface area contributed by atoms with Gasteiger partial charge in [0.25, 0.3) is 0 Å². The van der Waals surface area contributed by atoms with Gasteiger partial charge in [-0.3, -0.25) is 14.8 Å². The van der Waals surface area contributed by atoms with Gasteiger partial charge in [0.15, 0.2) is 16.3 Å². The minimum atomic E-state index is -1.09. The number of ether oxygens (including phenoxy) is 1. The number of aliphatic carboxylic acids is 1. The van der Waals surface area contributed by atoms with Gasteiger partial charge in [-0.2, -0.15) is 0 Å². The molecular formula is C25H22N5NaO3S2. The van der Waals surface area contributed by atoms with Gasteiger partial charge in [-0.05, 0) is 78.4 Å². The van der Waals surface area contributed by atoms with Crippen LogP contribution in [0, 0.1) is 9.54 Å². The van der Waals surface area contributed by atoms with Gasteiger partial charge >= 0.3 is 29.6 Å². The Labute approximate surface area is 240 Å². The smallest absolute Gasteiger partial charge is 0.548 e. The third-order valence-electron chi connectivity index (χ3n) is 5.99. The summed E-state index contributed by atoms with van der Waals surface area (Å²) in [5, 5.41) is 20.7. The predicted octanol–water partition coefficient (Wildman–Crippen LogP) is 0.726. The summed E-state index contributed by atoms with van der Waals surface area (Å²) in [7, 11) is 0. The Hall–Kier alpha value is -2.89. The second-order valence-corrected chi connectivity index (χ2v) is 8.91. The fraction of sp³-hybridized carbons (Fsp3) is 0.160. The standard InChI is InChI=1S/C25H23N5O3S2.Na/c31-23(32)22-12-16-4-1-2-5-17(16)14-29(22)20-6-3-7-21(13-20)33-15-26-18-8-10-19(11-9-18)30-24(34)27-28-25(30)35;/h1-11,13,22,26H,12,14-15H2,(H,27,34)(H,28,35)(H,31,32);/q;+1/p-1. The van der Waals surface area contributed by atoms with E-state index in [0.29, 0.717) is 28.3 Å². The molecule has 1 atom stereocenters. The monoisotopic (exact) mass is 527 g/mol. The molecule has 0 spiro atoms. The molecule has 0 radical (unpaired) electrons. The van der Waals surface area contributed by atoms with Crippen LogP contribution in [0.15, 0.2) is 72.8 Å². The Balaban J connectivity index is 0.00000304. The third kappa shape index (κ3) is 5.58. The molecule has 1 aliphatic heterocycles. The van der Waals surface area contributed by atoms with Gasteiger partial charge in [0, 0.05) is 24.0 Å². The van der Waals surface area contributed by atoms with Crippen LogP contribution in [0.2, 0.25) is 0 Å². The molecule has 0 saturated heterocycles. The van der Waals surface area contributed by atoms with Crippen molar-refractivity contribution < 1.29 is 44.2 Å². The fourth-order valence-corrected chi connectivity index (χ4v) is 4.79. The number of carbonyl (C=O) groups is 1. The van der Waals surface area contributed by atoms with Crippen molar-refractivity contribution in [3.05, 3.63) is 93.5 Å². The molecule has 1 unspecified atom stereocenters. The summed E-state index contributed by atoms with van der Waals surface area (Å²) in [6.07, 6.45) is 0.403. The van der Waals surface area contributed by atoms with E-state index in [9.17, 15) is 9.90 Å². The van der Waals surface area contributed by atoms with Crippen LogP contribution in [0.25, 0.3) is 5.69 Å². The zero-order chi connectivity index (χ0) is 24.4. The van der Waals surface area contributed by atoms with Crippen molar-refractivity contribution in [2.24, 2.45) is 0 Å². The zero-order valence-corrected chi connectivity index (χ0v) is 23.2. The van der Waals surface area contributed by atoms with Crippen LogP contribution in [0.4, 0.5) is 11.4 Å². The first-order valence-corrected chi connectivity index (χ1v) is 11.8. The van der Waals surface area contributed by atoms with Crippen LogP contribution >= 0.6 is 24.4 Å². The number of hydrogen-bond donors (Lipinski definition) is 3.